The van der Waals surface area contributed by atoms with Crippen LogP contribution >= 0.6 is 0 Å². The Balaban J connectivity index is 1.13. The minimum absolute atomic E-state index is 0.232. The lowest BCUT2D eigenvalue weighted by Crippen LogP contribution is -2.34. The minimum Gasteiger partial charge on any atom is -0.406 e. The number of piperidine rings is 1. The van der Waals surface area contributed by atoms with E-state index in [-0.39, 0.29) is 17.5 Å². The molecule has 0 atom stereocenters. The topological polar surface area (TPSA) is 82.1 Å². The fraction of sp³-hybridized carbons (Fsp3) is 0.407. The first kappa shape index (κ1) is 24.6. The van der Waals surface area contributed by atoms with Crippen LogP contribution in [0.2, 0.25) is 0 Å². The molecule has 0 unspecified atom stereocenters. The van der Waals surface area contributed by atoms with Crippen molar-refractivity contribution in [3.05, 3.63) is 65.6 Å². The van der Waals surface area contributed by atoms with Gasteiger partial charge in [-0.3, -0.25) is 9.67 Å². The number of pyridine rings is 1. The third-order valence-electron chi connectivity index (χ3n) is 7.16. The van der Waals surface area contributed by atoms with Gasteiger partial charge in [0.1, 0.15) is 5.75 Å². The van der Waals surface area contributed by atoms with E-state index in [1.807, 2.05) is 29.9 Å². The predicted molar refractivity (Wildman–Crippen MR) is 132 cm³/mol. The van der Waals surface area contributed by atoms with E-state index in [0.717, 1.165) is 48.9 Å². The van der Waals surface area contributed by atoms with Crippen LogP contribution in [0.3, 0.4) is 0 Å². The number of alkyl halides is 3. The second-order valence-electron chi connectivity index (χ2n) is 9.95. The van der Waals surface area contributed by atoms with Gasteiger partial charge in [-0.15, -0.1) is 13.2 Å². The summed E-state index contributed by atoms with van der Waals surface area (Å²) in [5.41, 5.74) is 4.24. The molecule has 11 heteroatoms. The zero-order chi connectivity index (χ0) is 26.3. The van der Waals surface area contributed by atoms with Gasteiger partial charge < -0.3 is 14.2 Å². The van der Waals surface area contributed by atoms with E-state index in [4.69, 9.17) is 4.52 Å². The third kappa shape index (κ3) is 5.57. The van der Waals surface area contributed by atoms with Crippen molar-refractivity contribution in [3.63, 3.8) is 0 Å². The second kappa shape index (κ2) is 9.86. The molecule has 1 saturated carbocycles. The van der Waals surface area contributed by atoms with Gasteiger partial charge in [0.2, 0.25) is 5.82 Å². The molecule has 8 nitrogen and oxygen atoms in total. The number of rotatable bonds is 7. The highest BCUT2D eigenvalue weighted by Gasteiger charge is 2.33. The number of ether oxygens (including phenoxy) is 1. The number of likely N-dealkylation sites (tertiary alicyclic amines) is 1. The molecule has 0 radical (unpaired) electrons. The van der Waals surface area contributed by atoms with Crippen LogP contribution in [0.1, 0.15) is 48.6 Å². The van der Waals surface area contributed by atoms with Crippen molar-refractivity contribution >= 4 is 0 Å². The van der Waals surface area contributed by atoms with Crippen molar-refractivity contribution in [2.24, 2.45) is 0 Å². The summed E-state index contributed by atoms with van der Waals surface area (Å²) in [5.74, 6) is 0.653. The summed E-state index contributed by atoms with van der Waals surface area (Å²) < 4.78 is 48.4. The molecule has 38 heavy (non-hydrogen) atoms. The lowest BCUT2D eigenvalue weighted by Gasteiger charge is -2.31. The summed E-state index contributed by atoms with van der Waals surface area (Å²) in [5, 5.41) is 8.63. The number of nitrogens with zero attached hydrogens (tertiary/aromatic N) is 6. The molecule has 2 aliphatic rings. The first-order chi connectivity index (χ1) is 18.3. The maximum absolute atomic E-state index is 12.4. The molecule has 0 spiro atoms. The minimum atomic E-state index is -4.75. The van der Waals surface area contributed by atoms with E-state index in [0.29, 0.717) is 23.7 Å². The fourth-order valence-electron chi connectivity index (χ4n) is 5.01. The zero-order valence-electron chi connectivity index (χ0n) is 20.9. The number of aryl methyl sites for hydroxylation is 1. The van der Waals surface area contributed by atoms with Crippen LogP contribution in [0.15, 0.2) is 53.2 Å². The van der Waals surface area contributed by atoms with E-state index < -0.39 is 6.36 Å². The Morgan fingerprint density at radius 1 is 1.03 bits per heavy atom. The number of aromatic nitrogens is 5. The Morgan fingerprint density at radius 3 is 2.50 bits per heavy atom. The maximum Gasteiger partial charge on any atom is 0.573 e. The van der Waals surface area contributed by atoms with Gasteiger partial charge in [-0.25, -0.2) is 0 Å². The third-order valence-corrected chi connectivity index (χ3v) is 7.16. The number of hydrogen-bond acceptors (Lipinski definition) is 7. The normalized spacial score (nSPS) is 17.2. The molecule has 0 bridgehead atoms. The summed E-state index contributed by atoms with van der Waals surface area (Å²) in [6.45, 7) is 4.85. The van der Waals surface area contributed by atoms with Crippen LogP contribution in [0.5, 0.6) is 5.75 Å². The Morgan fingerprint density at radius 2 is 1.79 bits per heavy atom. The zero-order valence-corrected chi connectivity index (χ0v) is 20.9. The molecule has 1 saturated heterocycles. The van der Waals surface area contributed by atoms with Crippen molar-refractivity contribution in [3.8, 4) is 28.7 Å². The van der Waals surface area contributed by atoms with Gasteiger partial charge >= 0.3 is 6.36 Å². The number of halogens is 3. The van der Waals surface area contributed by atoms with Gasteiger partial charge in [0.25, 0.3) is 5.89 Å². The average molecular weight is 525 g/mol. The van der Waals surface area contributed by atoms with E-state index in [1.54, 1.807) is 0 Å². The Labute approximate surface area is 217 Å². The summed E-state index contributed by atoms with van der Waals surface area (Å²) in [6.07, 6.45) is 2.13. The van der Waals surface area contributed by atoms with E-state index in [9.17, 15) is 13.2 Å². The van der Waals surface area contributed by atoms with Crippen molar-refractivity contribution in [1.29, 1.82) is 0 Å². The molecule has 3 aromatic heterocycles. The molecule has 1 aliphatic carbocycles. The van der Waals surface area contributed by atoms with Crippen molar-refractivity contribution < 1.29 is 22.4 Å². The lowest BCUT2D eigenvalue weighted by atomic mass is 9.92. The molecule has 1 aliphatic heterocycles. The summed E-state index contributed by atoms with van der Waals surface area (Å²) in [4.78, 5) is 11.7. The highest BCUT2D eigenvalue weighted by molar-refractivity contribution is 5.59. The van der Waals surface area contributed by atoms with Crippen molar-refractivity contribution in [1.82, 2.24) is 29.8 Å². The van der Waals surface area contributed by atoms with Gasteiger partial charge in [0.05, 0.1) is 6.54 Å². The SMILES string of the molecule is Cc1cc(-c2nc(-c3ccc(OC(F)(F)F)cc3)no2)nn1Cc1ccnc(C2CCN(C3CC3)CC2)c1. The number of hydrogen-bond donors (Lipinski definition) is 0. The monoisotopic (exact) mass is 524 g/mol. The fourth-order valence-corrected chi connectivity index (χ4v) is 5.01. The van der Waals surface area contributed by atoms with Gasteiger partial charge in [0.15, 0.2) is 5.69 Å². The van der Waals surface area contributed by atoms with E-state index in [2.05, 4.69) is 35.9 Å². The van der Waals surface area contributed by atoms with Gasteiger partial charge in [-0.2, -0.15) is 10.1 Å². The van der Waals surface area contributed by atoms with E-state index in [1.165, 1.54) is 37.1 Å². The molecule has 0 amide bonds. The molecule has 2 fully saturated rings. The van der Waals surface area contributed by atoms with Gasteiger partial charge in [0, 0.05) is 35.1 Å². The van der Waals surface area contributed by atoms with E-state index >= 15 is 0 Å². The Hall–Kier alpha value is -3.73. The molecule has 6 rings (SSSR count). The Bertz CT molecular complexity index is 1400. The molecule has 4 heterocycles. The van der Waals surface area contributed by atoms with Gasteiger partial charge in [-0.1, -0.05) is 5.16 Å². The summed E-state index contributed by atoms with van der Waals surface area (Å²) in [7, 11) is 0. The van der Waals surface area contributed by atoms with Crippen LogP contribution < -0.4 is 4.74 Å². The largest absolute Gasteiger partial charge is 0.573 e. The van der Waals surface area contributed by atoms with Crippen molar-refractivity contribution in [2.45, 2.75) is 57.5 Å². The predicted octanol–water partition coefficient (Wildman–Crippen LogP) is 5.59. The quantitative estimate of drug-likeness (QED) is 0.312. The highest BCUT2D eigenvalue weighted by Crippen LogP contribution is 2.34. The van der Waals surface area contributed by atoms with Crippen LogP contribution in [-0.2, 0) is 6.54 Å². The number of benzene rings is 1. The van der Waals surface area contributed by atoms with Crippen molar-refractivity contribution in [2.75, 3.05) is 13.1 Å². The van der Waals surface area contributed by atoms with Crippen LogP contribution in [0, 0.1) is 6.92 Å². The maximum atomic E-state index is 12.4. The highest BCUT2D eigenvalue weighted by atomic mass is 19.4. The standard InChI is InChI=1S/C27H27F3N6O2/c1-17-14-24(26-32-25(34-38-26)20-2-6-22(7-3-20)37-27(28,29)30)33-36(17)16-18-8-11-31-23(15-18)19-9-12-35(13-10-19)21-4-5-21/h2-3,6-8,11,14-15,19,21H,4-5,9-10,12-13,16H2,1H3. The first-order valence-electron chi connectivity index (χ1n) is 12.7. The molecular weight excluding hydrogens is 497 g/mol. The first-order valence-corrected chi connectivity index (χ1v) is 12.7. The van der Waals surface area contributed by atoms with Crippen LogP contribution in [0.25, 0.3) is 23.0 Å². The van der Waals surface area contributed by atoms with Crippen LogP contribution in [-0.4, -0.2) is 55.3 Å². The molecule has 0 N–H and O–H groups in total. The molecular formula is C27H27F3N6O2. The lowest BCUT2D eigenvalue weighted by molar-refractivity contribution is -0.274. The van der Waals surface area contributed by atoms with Gasteiger partial charge in [-0.05, 0) is 93.7 Å². The smallest absolute Gasteiger partial charge is 0.406 e. The molecule has 198 valence electrons. The second-order valence-corrected chi connectivity index (χ2v) is 9.95. The molecule has 1 aromatic carbocycles. The average Bonchev–Trinajstić information content (AvgIpc) is 3.52. The summed E-state index contributed by atoms with van der Waals surface area (Å²) >= 11 is 0. The Kier molecular flexibility index (Phi) is 6.38. The van der Waals surface area contributed by atoms with Crippen LogP contribution in [0.4, 0.5) is 13.2 Å². The summed E-state index contributed by atoms with van der Waals surface area (Å²) in [6, 6.07) is 12.2. The molecule has 4 aromatic rings.